The average molecular weight is 315 g/mol. The van der Waals surface area contributed by atoms with Crippen LogP contribution in [0.1, 0.15) is 25.7 Å². The largest absolute Gasteiger partial charge is 0.490 e. The summed E-state index contributed by atoms with van der Waals surface area (Å²) in [5, 5.41) is 0. The second-order valence-electron chi connectivity index (χ2n) is 4.92. The molecule has 1 aliphatic rings. The smallest absolute Gasteiger partial charge is 0.262 e. The van der Waals surface area contributed by atoms with Gasteiger partial charge in [-0.2, -0.15) is 0 Å². The molecule has 0 amide bonds. The van der Waals surface area contributed by atoms with Crippen molar-refractivity contribution >= 4 is 10.0 Å². The van der Waals surface area contributed by atoms with E-state index in [2.05, 4.69) is 4.89 Å². The molecule has 0 radical (unpaired) electrons. The zero-order valence-corrected chi connectivity index (χ0v) is 12.9. The number of benzene rings is 1. The predicted molar refractivity (Wildman–Crippen MR) is 77.5 cm³/mol. The highest BCUT2D eigenvalue weighted by atomic mass is 32.2. The number of hydrogen-bond donors (Lipinski definition) is 1. The molecule has 2 rings (SSSR count). The van der Waals surface area contributed by atoms with Gasteiger partial charge in [0.05, 0.1) is 24.2 Å². The summed E-state index contributed by atoms with van der Waals surface area (Å²) in [6, 6.07) is 6.35. The van der Waals surface area contributed by atoms with Crippen LogP contribution in [0.15, 0.2) is 29.2 Å². The van der Waals surface area contributed by atoms with E-state index in [1.807, 2.05) is 0 Å². The second-order valence-corrected chi connectivity index (χ2v) is 6.57. The Morgan fingerprint density at radius 2 is 1.81 bits per heavy atom. The zero-order valence-electron chi connectivity index (χ0n) is 12.1. The number of methoxy groups -OCH3 is 1. The van der Waals surface area contributed by atoms with E-state index >= 15 is 0 Å². The molecule has 0 spiro atoms. The van der Waals surface area contributed by atoms with Crippen molar-refractivity contribution < 1.29 is 22.7 Å². The maximum Gasteiger partial charge on any atom is 0.262 e. The van der Waals surface area contributed by atoms with Crippen LogP contribution in [0.4, 0.5) is 0 Å². The number of rotatable bonds is 8. The van der Waals surface area contributed by atoms with E-state index in [4.69, 9.17) is 14.3 Å². The lowest BCUT2D eigenvalue weighted by atomic mass is 10.3. The van der Waals surface area contributed by atoms with E-state index in [0.717, 1.165) is 12.8 Å². The summed E-state index contributed by atoms with van der Waals surface area (Å²) in [5.74, 6) is 0.696. The molecule has 1 aromatic rings. The Morgan fingerprint density at radius 3 is 2.43 bits per heavy atom. The first-order valence-corrected chi connectivity index (χ1v) is 8.49. The molecule has 1 N–H and O–H groups in total. The molecular formula is C14H21NO5S. The van der Waals surface area contributed by atoms with Gasteiger partial charge in [0.2, 0.25) is 0 Å². The molecule has 0 aliphatic heterocycles. The Bertz CT molecular complexity index is 523. The molecular weight excluding hydrogens is 294 g/mol. The van der Waals surface area contributed by atoms with Crippen LogP contribution < -0.4 is 9.62 Å². The summed E-state index contributed by atoms with van der Waals surface area (Å²) in [4.78, 5) is 7.03. The van der Waals surface area contributed by atoms with Crippen molar-refractivity contribution in [3.05, 3.63) is 24.3 Å². The standard InChI is InChI=1S/C14H21NO5S/c1-18-10-11-19-15-21(16,17)14-8-6-13(7-9-14)20-12-4-2-3-5-12/h6-9,12,15H,2-5,10-11H2,1H3. The molecule has 1 fully saturated rings. The van der Waals surface area contributed by atoms with E-state index in [9.17, 15) is 8.42 Å². The number of nitrogens with one attached hydrogen (secondary N) is 1. The van der Waals surface area contributed by atoms with Gasteiger partial charge in [-0.05, 0) is 49.9 Å². The van der Waals surface area contributed by atoms with Crippen molar-refractivity contribution in [2.24, 2.45) is 0 Å². The first-order chi connectivity index (χ1) is 10.1. The molecule has 0 heterocycles. The van der Waals surface area contributed by atoms with Gasteiger partial charge in [-0.15, -0.1) is 0 Å². The second kappa shape index (κ2) is 7.74. The monoisotopic (exact) mass is 315 g/mol. The lowest BCUT2D eigenvalue weighted by Gasteiger charge is -2.13. The summed E-state index contributed by atoms with van der Waals surface area (Å²) in [6.07, 6.45) is 4.77. The van der Waals surface area contributed by atoms with E-state index in [0.29, 0.717) is 12.4 Å². The van der Waals surface area contributed by atoms with Crippen molar-refractivity contribution in [3.8, 4) is 5.75 Å². The van der Waals surface area contributed by atoms with Gasteiger partial charge in [-0.25, -0.2) is 8.42 Å². The van der Waals surface area contributed by atoms with Gasteiger partial charge < -0.3 is 9.47 Å². The maximum absolute atomic E-state index is 11.9. The van der Waals surface area contributed by atoms with Gasteiger partial charge in [0.15, 0.2) is 0 Å². The Hall–Kier alpha value is -1.15. The van der Waals surface area contributed by atoms with Crippen LogP contribution in [0.3, 0.4) is 0 Å². The van der Waals surface area contributed by atoms with Crippen LogP contribution in [-0.2, 0) is 19.6 Å². The van der Waals surface area contributed by atoms with E-state index in [1.54, 1.807) is 12.1 Å². The highest BCUT2D eigenvalue weighted by Gasteiger charge is 2.18. The number of hydrogen-bond acceptors (Lipinski definition) is 5. The molecule has 0 atom stereocenters. The van der Waals surface area contributed by atoms with Crippen molar-refractivity contribution in [2.45, 2.75) is 36.7 Å². The molecule has 21 heavy (non-hydrogen) atoms. The fourth-order valence-corrected chi connectivity index (χ4v) is 3.02. The van der Waals surface area contributed by atoms with Crippen LogP contribution in [0.25, 0.3) is 0 Å². The third-order valence-electron chi connectivity index (χ3n) is 3.30. The fourth-order valence-electron chi connectivity index (χ4n) is 2.19. The van der Waals surface area contributed by atoms with Crippen LogP contribution in [-0.4, -0.2) is 34.8 Å². The number of sulfonamides is 1. The van der Waals surface area contributed by atoms with Crippen LogP contribution in [0.5, 0.6) is 5.75 Å². The molecule has 1 saturated carbocycles. The lowest BCUT2D eigenvalue weighted by molar-refractivity contribution is 0.0438. The van der Waals surface area contributed by atoms with Crippen molar-refractivity contribution in [2.75, 3.05) is 20.3 Å². The minimum Gasteiger partial charge on any atom is -0.490 e. The number of ether oxygens (including phenoxy) is 2. The van der Waals surface area contributed by atoms with Crippen LogP contribution in [0, 0.1) is 0 Å². The molecule has 0 bridgehead atoms. The quantitative estimate of drug-likeness (QED) is 0.585. The maximum atomic E-state index is 11.9. The molecule has 7 heteroatoms. The lowest BCUT2D eigenvalue weighted by Crippen LogP contribution is -2.25. The molecule has 118 valence electrons. The third-order valence-corrected chi connectivity index (χ3v) is 4.53. The van der Waals surface area contributed by atoms with Gasteiger partial charge in [0.1, 0.15) is 5.75 Å². The first kappa shape index (κ1) is 16.2. The summed E-state index contributed by atoms with van der Waals surface area (Å²) < 4.78 is 34.4. The Morgan fingerprint density at radius 1 is 1.14 bits per heavy atom. The topological polar surface area (TPSA) is 73.9 Å². The highest BCUT2D eigenvalue weighted by molar-refractivity contribution is 7.89. The van der Waals surface area contributed by atoms with E-state index < -0.39 is 10.0 Å². The van der Waals surface area contributed by atoms with Gasteiger partial charge >= 0.3 is 0 Å². The SMILES string of the molecule is COCCONS(=O)(=O)c1ccc(OC2CCCC2)cc1. The van der Waals surface area contributed by atoms with Crippen molar-refractivity contribution in [1.29, 1.82) is 0 Å². The summed E-state index contributed by atoms with van der Waals surface area (Å²) >= 11 is 0. The Kier molecular flexibility index (Phi) is 5.98. The molecule has 1 aromatic carbocycles. The van der Waals surface area contributed by atoms with E-state index in [-0.39, 0.29) is 17.6 Å². The van der Waals surface area contributed by atoms with Gasteiger partial charge in [0.25, 0.3) is 10.0 Å². The molecule has 6 nitrogen and oxygen atoms in total. The molecule has 0 saturated heterocycles. The van der Waals surface area contributed by atoms with Crippen LogP contribution >= 0.6 is 0 Å². The minimum atomic E-state index is -3.67. The normalized spacial score (nSPS) is 16.2. The predicted octanol–water partition coefficient (Wildman–Crippen LogP) is 1.86. The fraction of sp³-hybridized carbons (Fsp3) is 0.571. The van der Waals surface area contributed by atoms with Gasteiger partial charge in [-0.3, -0.25) is 4.84 Å². The molecule has 0 aromatic heterocycles. The summed E-state index contributed by atoms with van der Waals surface area (Å²) in [5.41, 5.74) is 0. The first-order valence-electron chi connectivity index (χ1n) is 7.01. The van der Waals surface area contributed by atoms with Crippen molar-refractivity contribution in [3.63, 3.8) is 0 Å². The zero-order chi connectivity index (χ0) is 15.1. The van der Waals surface area contributed by atoms with Crippen molar-refractivity contribution in [1.82, 2.24) is 4.89 Å². The van der Waals surface area contributed by atoms with Gasteiger partial charge in [0, 0.05) is 7.11 Å². The molecule has 1 aliphatic carbocycles. The summed E-state index contributed by atoms with van der Waals surface area (Å²) in [7, 11) is -2.15. The molecule has 0 unspecified atom stereocenters. The Labute approximate surface area is 125 Å². The Balaban J connectivity index is 1.90. The van der Waals surface area contributed by atoms with Gasteiger partial charge in [-0.1, -0.05) is 4.89 Å². The summed E-state index contributed by atoms with van der Waals surface area (Å²) in [6.45, 7) is 0.468. The van der Waals surface area contributed by atoms with Crippen LogP contribution in [0.2, 0.25) is 0 Å². The third kappa shape index (κ3) is 4.96. The average Bonchev–Trinajstić information content (AvgIpc) is 2.97. The highest BCUT2D eigenvalue weighted by Crippen LogP contribution is 2.24. The minimum absolute atomic E-state index is 0.138. The van der Waals surface area contributed by atoms with E-state index in [1.165, 1.54) is 32.1 Å².